The Bertz CT molecular complexity index is 658. The summed E-state index contributed by atoms with van der Waals surface area (Å²) in [6, 6.07) is 10.5. The van der Waals surface area contributed by atoms with Crippen LogP contribution in [0.25, 0.3) is 0 Å². The summed E-state index contributed by atoms with van der Waals surface area (Å²) in [4.78, 5) is 12.3. The number of nitrogens with two attached hydrogens (primary N) is 1. The van der Waals surface area contributed by atoms with Gasteiger partial charge in [-0.05, 0) is 35.9 Å². The highest BCUT2D eigenvalue weighted by atomic mass is 79.9. The molecule has 0 aliphatic rings. The number of Topliss-reactive ketones (excluding diaryl/α,β-unsaturated/α-hetero) is 1. The minimum absolute atomic E-state index is 0.0920. The zero-order valence-electron chi connectivity index (χ0n) is 10.8. The standard InChI is InChI=1S/C15H13BrClNO2/c1-20-11-4-5-14(18)12(8-11)15(19)6-9-2-3-10(16)7-13(9)17/h2-5,7-8H,6,18H2,1H3. The fourth-order valence-corrected chi connectivity index (χ4v) is 2.58. The van der Waals surface area contributed by atoms with Gasteiger partial charge in [-0.2, -0.15) is 0 Å². The number of ether oxygens (including phenoxy) is 1. The molecule has 0 radical (unpaired) electrons. The van der Waals surface area contributed by atoms with Gasteiger partial charge in [0.05, 0.1) is 7.11 Å². The van der Waals surface area contributed by atoms with Gasteiger partial charge in [0.25, 0.3) is 0 Å². The zero-order chi connectivity index (χ0) is 14.7. The average molecular weight is 355 g/mol. The summed E-state index contributed by atoms with van der Waals surface area (Å²) in [6.45, 7) is 0. The van der Waals surface area contributed by atoms with Crippen LogP contribution in [0.15, 0.2) is 40.9 Å². The first-order valence-electron chi connectivity index (χ1n) is 5.92. The smallest absolute Gasteiger partial charge is 0.169 e. The minimum atomic E-state index is -0.0920. The molecule has 2 rings (SSSR count). The van der Waals surface area contributed by atoms with Crippen LogP contribution in [0.5, 0.6) is 5.75 Å². The van der Waals surface area contributed by atoms with Crippen LogP contribution in [-0.4, -0.2) is 12.9 Å². The van der Waals surface area contributed by atoms with Crippen LogP contribution in [0.3, 0.4) is 0 Å². The van der Waals surface area contributed by atoms with Gasteiger partial charge in [-0.3, -0.25) is 4.79 Å². The Kier molecular flexibility index (Phi) is 4.68. The maximum Gasteiger partial charge on any atom is 0.169 e. The molecule has 5 heteroatoms. The number of hydrogen-bond acceptors (Lipinski definition) is 3. The molecule has 0 atom stereocenters. The Morgan fingerprint density at radius 2 is 2.05 bits per heavy atom. The lowest BCUT2D eigenvalue weighted by atomic mass is 10.0. The van der Waals surface area contributed by atoms with E-state index in [1.807, 2.05) is 12.1 Å². The molecule has 0 bridgehead atoms. The average Bonchev–Trinajstić information content (AvgIpc) is 2.42. The fraction of sp³-hybridized carbons (Fsp3) is 0.133. The Labute approximate surface area is 130 Å². The molecule has 0 aliphatic heterocycles. The highest BCUT2D eigenvalue weighted by Crippen LogP contribution is 2.25. The highest BCUT2D eigenvalue weighted by Gasteiger charge is 2.13. The number of halogens is 2. The third-order valence-electron chi connectivity index (χ3n) is 2.93. The van der Waals surface area contributed by atoms with Crippen LogP contribution in [0.2, 0.25) is 5.02 Å². The highest BCUT2D eigenvalue weighted by molar-refractivity contribution is 9.10. The molecule has 0 heterocycles. The van der Waals surface area contributed by atoms with Crippen molar-refractivity contribution < 1.29 is 9.53 Å². The molecule has 0 aromatic heterocycles. The quantitative estimate of drug-likeness (QED) is 0.664. The van der Waals surface area contributed by atoms with E-state index in [1.54, 1.807) is 31.4 Å². The number of ketones is 1. The third kappa shape index (κ3) is 3.32. The van der Waals surface area contributed by atoms with Crippen LogP contribution in [-0.2, 0) is 6.42 Å². The van der Waals surface area contributed by atoms with E-state index in [1.165, 1.54) is 0 Å². The molecule has 0 spiro atoms. The number of methoxy groups -OCH3 is 1. The summed E-state index contributed by atoms with van der Waals surface area (Å²) in [5, 5.41) is 0.550. The van der Waals surface area contributed by atoms with Gasteiger partial charge in [0.1, 0.15) is 5.75 Å². The fourth-order valence-electron chi connectivity index (χ4n) is 1.84. The van der Waals surface area contributed by atoms with Crippen molar-refractivity contribution in [3.05, 3.63) is 57.0 Å². The van der Waals surface area contributed by atoms with E-state index in [9.17, 15) is 4.79 Å². The maximum absolute atomic E-state index is 12.3. The molecule has 2 aromatic rings. The van der Waals surface area contributed by atoms with Gasteiger partial charge in [-0.25, -0.2) is 0 Å². The summed E-state index contributed by atoms with van der Waals surface area (Å²) < 4.78 is 5.98. The van der Waals surface area contributed by atoms with Gasteiger partial charge in [-0.1, -0.05) is 33.6 Å². The molecule has 104 valence electrons. The Morgan fingerprint density at radius 3 is 2.70 bits per heavy atom. The first kappa shape index (κ1) is 14.9. The second-order valence-electron chi connectivity index (χ2n) is 4.29. The molecule has 0 saturated heterocycles. The predicted molar refractivity (Wildman–Crippen MR) is 84.6 cm³/mol. The summed E-state index contributed by atoms with van der Waals surface area (Å²) in [6.07, 6.45) is 0.198. The molecule has 0 aliphatic carbocycles. The molecule has 0 unspecified atom stereocenters. The molecule has 20 heavy (non-hydrogen) atoms. The van der Waals surface area contributed by atoms with Crippen LogP contribution in [0.4, 0.5) is 5.69 Å². The van der Waals surface area contributed by atoms with Crippen molar-refractivity contribution in [3.63, 3.8) is 0 Å². The van der Waals surface area contributed by atoms with Crippen LogP contribution >= 0.6 is 27.5 Å². The molecule has 0 saturated carbocycles. The topological polar surface area (TPSA) is 52.3 Å². The number of rotatable bonds is 4. The van der Waals surface area contributed by atoms with Crippen molar-refractivity contribution in [3.8, 4) is 5.75 Å². The number of carbonyl (C=O) groups is 1. The van der Waals surface area contributed by atoms with E-state index >= 15 is 0 Å². The zero-order valence-corrected chi connectivity index (χ0v) is 13.2. The molecule has 3 nitrogen and oxygen atoms in total. The minimum Gasteiger partial charge on any atom is -0.497 e. The lowest BCUT2D eigenvalue weighted by molar-refractivity contribution is 0.0993. The van der Waals surface area contributed by atoms with Gasteiger partial charge < -0.3 is 10.5 Å². The van der Waals surface area contributed by atoms with Gasteiger partial charge in [0, 0.05) is 27.2 Å². The normalized spacial score (nSPS) is 10.3. The monoisotopic (exact) mass is 353 g/mol. The number of hydrogen-bond donors (Lipinski definition) is 1. The van der Waals surface area contributed by atoms with Crippen LogP contribution < -0.4 is 10.5 Å². The molecule has 2 N–H and O–H groups in total. The summed E-state index contributed by atoms with van der Waals surface area (Å²) in [7, 11) is 1.55. The Hall–Kier alpha value is -1.52. The Morgan fingerprint density at radius 1 is 1.30 bits per heavy atom. The van der Waals surface area contributed by atoms with Crippen molar-refractivity contribution in [2.45, 2.75) is 6.42 Å². The molecular formula is C15H13BrClNO2. The van der Waals surface area contributed by atoms with Gasteiger partial charge in [0.15, 0.2) is 5.78 Å². The molecule has 0 amide bonds. The van der Waals surface area contributed by atoms with Gasteiger partial charge >= 0.3 is 0 Å². The first-order chi connectivity index (χ1) is 9.51. The van der Waals surface area contributed by atoms with E-state index in [0.717, 1.165) is 10.0 Å². The van der Waals surface area contributed by atoms with E-state index in [4.69, 9.17) is 22.1 Å². The van der Waals surface area contributed by atoms with Crippen LogP contribution in [0.1, 0.15) is 15.9 Å². The van der Waals surface area contributed by atoms with Crippen LogP contribution in [0, 0.1) is 0 Å². The van der Waals surface area contributed by atoms with E-state index in [-0.39, 0.29) is 12.2 Å². The number of carbonyl (C=O) groups excluding carboxylic acids is 1. The second kappa shape index (κ2) is 6.29. The summed E-state index contributed by atoms with van der Waals surface area (Å²) in [5.74, 6) is 0.509. The number of anilines is 1. The Balaban J connectivity index is 2.28. The van der Waals surface area contributed by atoms with E-state index in [2.05, 4.69) is 15.9 Å². The molecule has 2 aromatic carbocycles. The maximum atomic E-state index is 12.3. The number of benzene rings is 2. The van der Waals surface area contributed by atoms with Crippen molar-refractivity contribution in [2.75, 3.05) is 12.8 Å². The van der Waals surface area contributed by atoms with Crippen molar-refractivity contribution in [1.82, 2.24) is 0 Å². The molecule has 0 fully saturated rings. The third-order valence-corrected chi connectivity index (χ3v) is 3.77. The lowest BCUT2D eigenvalue weighted by Crippen LogP contribution is -2.07. The summed E-state index contributed by atoms with van der Waals surface area (Å²) >= 11 is 9.45. The SMILES string of the molecule is COc1ccc(N)c(C(=O)Cc2ccc(Br)cc2Cl)c1. The largest absolute Gasteiger partial charge is 0.497 e. The van der Waals surface area contributed by atoms with Crippen molar-refractivity contribution in [2.24, 2.45) is 0 Å². The second-order valence-corrected chi connectivity index (χ2v) is 5.61. The predicted octanol–water partition coefficient (Wildman–Crippen LogP) is 4.12. The number of nitrogen functional groups attached to an aromatic ring is 1. The lowest BCUT2D eigenvalue weighted by Gasteiger charge is -2.08. The van der Waals surface area contributed by atoms with Gasteiger partial charge in [0.2, 0.25) is 0 Å². The summed E-state index contributed by atoms with van der Waals surface area (Å²) in [5.41, 5.74) is 7.49. The van der Waals surface area contributed by atoms with Gasteiger partial charge in [-0.15, -0.1) is 0 Å². The molecular weight excluding hydrogens is 342 g/mol. The van der Waals surface area contributed by atoms with Crippen molar-refractivity contribution >= 4 is 39.0 Å². The first-order valence-corrected chi connectivity index (χ1v) is 7.09. The van der Waals surface area contributed by atoms with Crippen molar-refractivity contribution in [1.29, 1.82) is 0 Å². The van der Waals surface area contributed by atoms with E-state index < -0.39 is 0 Å². The van der Waals surface area contributed by atoms with E-state index in [0.29, 0.717) is 22.0 Å².